The lowest BCUT2D eigenvalue weighted by Gasteiger charge is -2.20. The van der Waals surface area contributed by atoms with Crippen LogP contribution in [-0.2, 0) is 0 Å². The van der Waals surface area contributed by atoms with E-state index in [-0.39, 0.29) is 11.6 Å². The van der Waals surface area contributed by atoms with Crippen LogP contribution < -0.4 is 15.4 Å². The fourth-order valence-electron chi connectivity index (χ4n) is 2.27. The van der Waals surface area contributed by atoms with Gasteiger partial charge in [-0.3, -0.25) is 9.89 Å². The highest BCUT2D eigenvalue weighted by Gasteiger charge is 2.26. The molecule has 0 aliphatic carbocycles. The molecule has 6 heteroatoms. The van der Waals surface area contributed by atoms with E-state index in [1.807, 2.05) is 24.3 Å². The van der Waals surface area contributed by atoms with Crippen LogP contribution in [0.2, 0.25) is 0 Å². The number of amides is 1. The fourth-order valence-corrected chi connectivity index (χ4v) is 2.27. The molecule has 20 heavy (non-hydrogen) atoms. The maximum atomic E-state index is 12.7. The van der Waals surface area contributed by atoms with Gasteiger partial charge in [-0.2, -0.15) is 5.10 Å². The smallest absolute Gasteiger partial charge is 0.281 e. The molecule has 0 saturated carbocycles. The van der Waals surface area contributed by atoms with Crippen LogP contribution in [0.5, 0.6) is 5.75 Å². The number of aromatic nitrogens is 2. The minimum absolute atomic E-state index is 0.204. The zero-order valence-corrected chi connectivity index (χ0v) is 11.2. The second kappa shape index (κ2) is 4.88. The Morgan fingerprint density at radius 2 is 2.25 bits per heavy atom. The molecule has 1 aromatic carbocycles. The molecule has 0 radical (unpaired) electrons. The van der Waals surface area contributed by atoms with Crippen LogP contribution in [-0.4, -0.2) is 29.3 Å². The number of benzene rings is 1. The minimum atomic E-state index is -0.204. The lowest BCUT2D eigenvalue weighted by Crippen LogP contribution is -2.32. The molecule has 0 fully saturated rings. The number of anilines is 2. The molecule has 0 saturated heterocycles. The van der Waals surface area contributed by atoms with Gasteiger partial charge in [0.15, 0.2) is 5.69 Å². The molecule has 3 N–H and O–H groups in total. The molecule has 0 spiro atoms. The zero-order chi connectivity index (χ0) is 14.1. The largest absolute Gasteiger partial charge is 0.491 e. The first kappa shape index (κ1) is 12.5. The number of carbonyl (C=O) groups is 1. The van der Waals surface area contributed by atoms with E-state index in [9.17, 15) is 4.79 Å². The number of hydrogen-bond acceptors (Lipinski definition) is 4. The number of aromatic amines is 1. The molecule has 6 nitrogen and oxygen atoms in total. The number of nitrogens with two attached hydrogens (primary N) is 1. The third-order valence-corrected chi connectivity index (χ3v) is 3.38. The Morgan fingerprint density at radius 1 is 1.45 bits per heavy atom. The van der Waals surface area contributed by atoms with Crippen LogP contribution in [0, 0.1) is 6.92 Å². The summed E-state index contributed by atoms with van der Waals surface area (Å²) in [5.74, 6) is 0.508. The van der Waals surface area contributed by atoms with Crippen LogP contribution in [0.1, 0.15) is 22.6 Å². The van der Waals surface area contributed by atoms with E-state index < -0.39 is 0 Å². The van der Waals surface area contributed by atoms with Crippen molar-refractivity contribution in [2.24, 2.45) is 0 Å². The Kier molecular flexibility index (Phi) is 3.06. The Morgan fingerprint density at radius 3 is 3.00 bits per heavy atom. The Bertz CT molecular complexity index is 650. The number of nitrogens with zero attached hydrogens (tertiary/aromatic N) is 2. The van der Waals surface area contributed by atoms with Gasteiger partial charge < -0.3 is 15.4 Å². The number of ether oxygens (including phenoxy) is 1. The first-order chi connectivity index (χ1) is 9.68. The number of nitrogens with one attached hydrogen (secondary N) is 1. The summed E-state index contributed by atoms with van der Waals surface area (Å²) in [6, 6.07) is 7.50. The van der Waals surface area contributed by atoms with Crippen molar-refractivity contribution >= 4 is 17.3 Å². The van der Waals surface area contributed by atoms with E-state index in [0.717, 1.165) is 12.1 Å². The van der Waals surface area contributed by atoms with Gasteiger partial charge >= 0.3 is 0 Å². The highest BCUT2D eigenvalue weighted by Crippen LogP contribution is 2.32. The van der Waals surface area contributed by atoms with Gasteiger partial charge in [-0.05, 0) is 25.5 Å². The average molecular weight is 272 g/mol. The predicted molar refractivity (Wildman–Crippen MR) is 76.0 cm³/mol. The minimum Gasteiger partial charge on any atom is -0.491 e. The van der Waals surface area contributed by atoms with E-state index in [1.54, 1.807) is 11.8 Å². The number of nitrogen functional groups attached to an aromatic ring is 1. The molecule has 1 aromatic heterocycles. The highest BCUT2D eigenvalue weighted by atomic mass is 16.5. The number of aryl methyl sites for hydroxylation is 1. The molecular weight excluding hydrogens is 256 g/mol. The van der Waals surface area contributed by atoms with Crippen molar-refractivity contribution in [2.45, 2.75) is 13.3 Å². The van der Waals surface area contributed by atoms with Crippen molar-refractivity contribution in [2.75, 3.05) is 23.8 Å². The van der Waals surface area contributed by atoms with Crippen molar-refractivity contribution in [1.29, 1.82) is 0 Å². The molecule has 2 heterocycles. The second-order valence-electron chi connectivity index (χ2n) is 4.74. The molecule has 1 amide bonds. The summed E-state index contributed by atoms with van der Waals surface area (Å²) in [4.78, 5) is 14.3. The molecule has 1 aliphatic heterocycles. The average Bonchev–Trinajstić information content (AvgIpc) is 2.68. The molecule has 104 valence electrons. The maximum absolute atomic E-state index is 12.7. The zero-order valence-electron chi connectivity index (χ0n) is 11.2. The van der Waals surface area contributed by atoms with Crippen molar-refractivity contribution in [3.05, 3.63) is 35.7 Å². The van der Waals surface area contributed by atoms with E-state index >= 15 is 0 Å². The molecule has 0 bridgehead atoms. The van der Waals surface area contributed by atoms with Crippen LogP contribution in [0.3, 0.4) is 0 Å². The van der Waals surface area contributed by atoms with Crippen molar-refractivity contribution < 1.29 is 9.53 Å². The number of hydrogen-bond donors (Lipinski definition) is 2. The van der Waals surface area contributed by atoms with Crippen molar-refractivity contribution in [3.63, 3.8) is 0 Å². The van der Waals surface area contributed by atoms with Gasteiger partial charge in [-0.1, -0.05) is 12.1 Å². The van der Waals surface area contributed by atoms with E-state index in [2.05, 4.69) is 10.2 Å². The first-order valence-electron chi connectivity index (χ1n) is 6.52. The Balaban J connectivity index is 2.01. The lowest BCUT2D eigenvalue weighted by atomic mass is 10.2. The number of para-hydroxylation sites is 2. The van der Waals surface area contributed by atoms with E-state index in [4.69, 9.17) is 10.5 Å². The van der Waals surface area contributed by atoms with Gasteiger partial charge in [0, 0.05) is 6.54 Å². The van der Waals surface area contributed by atoms with E-state index in [0.29, 0.717) is 30.3 Å². The summed E-state index contributed by atoms with van der Waals surface area (Å²) in [7, 11) is 0. The maximum Gasteiger partial charge on any atom is 0.281 e. The second-order valence-corrected chi connectivity index (χ2v) is 4.74. The molecular formula is C14H16N4O2. The number of carbonyl (C=O) groups excluding carboxylic acids is 1. The number of H-pyrrole nitrogens is 1. The Labute approximate surface area is 116 Å². The standard InChI is InChI=1S/C14H16N4O2/c1-9-12(15)13(17-16-9)14(19)18-7-4-8-20-11-6-3-2-5-10(11)18/h2-3,5-6H,4,7-8,15H2,1H3,(H,16,17). The van der Waals surface area contributed by atoms with Crippen LogP contribution in [0.15, 0.2) is 24.3 Å². The Hall–Kier alpha value is -2.50. The third-order valence-electron chi connectivity index (χ3n) is 3.38. The van der Waals surface area contributed by atoms with Gasteiger partial charge in [-0.15, -0.1) is 0 Å². The van der Waals surface area contributed by atoms with Crippen molar-refractivity contribution in [1.82, 2.24) is 10.2 Å². The molecule has 1 aliphatic rings. The molecule has 2 aromatic rings. The normalized spacial score (nSPS) is 14.3. The molecule has 3 rings (SSSR count). The van der Waals surface area contributed by atoms with Gasteiger partial charge in [0.25, 0.3) is 5.91 Å². The van der Waals surface area contributed by atoms with Gasteiger partial charge in [0.2, 0.25) is 0 Å². The van der Waals surface area contributed by atoms with Crippen LogP contribution in [0.25, 0.3) is 0 Å². The van der Waals surface area contributed by atoms with Crippen molar-refractivity contribution in [3.8, 4) is 5.75 Å². The SMILES string of the molecule is Cc1[nH]nc(C(=O)N2CCCOc3ccccc32)c1N. The van der Waals surface area contributed by atoms with Crippen LogP contribution in [0.4, 0.5) is 11.4 Å². The predicted octanol–water partition coefficient (Wildman–Crippen LogP) is 1.73. The quantitative estimate of drug-likeness (QED) is 0.828. The summed E-state index contributed by atoms with van der Waals surface area (Å²) in [6.45, 7) is 2.97. The fraction of sp³-hybridized carbons (Fsp3) is 0.286. The number of rotatable bonds is 1. The summed E-state index contributed by atoms with van der Waals surface area (Å²) in [5.41, 5.74) is 8.02. The lowest BCUT2D eigenvalue weighted by molar-refractivity contribution is 0.0983. The number of fused-ring (bicyclic) bond motifs is 1. The first-order valence-corrected chi connectivity index (χ1v) is 6.52. The topological polar surface area (TPSA) is 84.2 Å². The molecule has 0 atom stereocenters. The third kappa shape index (κ3) is 1.99. The summed E-state index contributed by atoms with van der Waals surface area (Å²) in [5, 5.41) is 6.75. The monoisotopic (exact) mass is 272 g/mol. The highest BCUT2D eigenvalue weighted by molar-refractivity contribution is 6.08. The molecule has 0 unspecified atom stereocenters. The van der Waals surface area contributed by atoms with Crippen LogP contribution >= 0.6 is 0 Å². The summed E-state index contributed by atoms with van der Waals surface area (Å²) >= 11 is 0. The van der Waals surface area contributed by atoms with E-state index in [1.165, 1.54) is 0 Å². The summed E-state index contributed by atoms with van der Waals surface area (Å²) in [6.07, 6.45) is 0.768. The van der Waals surface area contributed by atoms with Gasteiger partial charge in [-0.25, -0.2) is 0 Å². The van der Waals surface area contributed by atoms with Gasteiger partial charge in [0.1, 0.15) is 5.75 Å². The summed E-state index contributed by atoms with van der Waals surface area (Å²) < 4.78 is 5.65. The van der Waals surface area contributed by atoms with Gasteiger partial charge in [0.05, 0.1) is 23.7 Å².